The lowest BCUT2D eigenvalue weighted by molar-refractivity contribution is 0.00578. The molecular weight excluding hydrogens is 235 g/mol. The normalized spacial score (nSPS) is 26.5. The molecule has 3 rings (SSSR count). The van der Waals surface area contributed by atoms with E-state index in [0.717, 1.165) is 5.46 Å². The first-order valence-corrected chi connectivity index (χ1v) is 7.20. The first kappa shape index (κ1) is 13.2. The van der Waals surface area contributed by atoms with Crippen molar-refractivity contribution in [2.24, 2.45) is 0 Å². The minimum atomic E-state index is -0.265. The molecule has 1 aromatic carbocycles. The Kier molecular flexibility index (Phi) is 2.68. The molecule has 0 spiro atoms. The second-order valence-corrected chi connectivity index (χ2v) is 7.27. The summed E-state index contributed by atoms with van der Waals surface area (Å²) < 4.78 is 12.1. The van der Waals surface area contributed by atoms with Crippen molar-refractivity contribution in [3.8, 4) is 0 Å². The van der Waals surface area contributed by atoms with Crippen LogP contribution in [0.1, 0.15) is 53.0 Å². The number of rotatable bonds is 2. The Bertz CT molecular complexity index is 470. The Morgan fingerprint density at radius 1 is 0.842 bits per heavy atom. The van der Waals surface area contributed by atoms with E-state index in [9.17, 15) is 0 Å². The van der Waals surface area contributed by atoms with Crippen molar-refractivity contribution >= 4 is 12.6 Å². The van der Waals surface area contributed by atoms with Crippen LogP contribution in [-0.4, -0.2) is 18.3 Å². The zero-order chi connectivity index (χ0) is 13.9. The molecule has 1 aromatic rings. The summed E-state index contributed by atoms with van der Waals surface area (Å²) in [5.41, 5.74) is 2.45. The Balaban J connectivity index is 1.81. The van der Waals surface area contributed by atoms with E-state index in [2.05, 4.69) is 58.9 Å². The molecule has 1 aliphatic heterocycles. The van der Waals surface area contributed by atoms with E-state index in [1.54, 1.807) is 0 Å². The topological polar surface area (TPSA) is 18.5 Å². The largest absolute Gasteiger partial charge is 0.494 e. The Hall–Kier alpha value is -0.795. The molecule has 0 amide bonds. The SMILES string of the molecule is CC1(c2ccc(B3OC(C)(C)C(C)(C)O3)cc2)CC1. The standard InChI is InChI=1S/C16H23BO2/c1-14(2)15(3,4)19-17(18-14)13-8-6-12(7-9-13)16(5)10-11-16/h6-9H,10-11H2,1-5H3. The molecule has 0 unspecified atom stereocenters. The van der Waals surface area contributed by atoms with Gasteiger partial charge in [0.25, 0.3) is 0 Å². The van der Waals surface area contributed by atoms with Crippen LogP contribution in [0.3, 0.4) is 0 Å². The van der Waals surface area contributed by atoms with Crippen molar-refractivity contribution in [2.45, 2.75) is 64.1 Å². The van der Waals surface area contributed by atoms with Gasteiger partial charge in [0, 0.05) is 0 Å². The third-order valence-corrected chi connectivity index (χ3v) is 5.13. The van der Waals surface area contributed by atoms with Gasteiger partial charge in [-0.25, -0.2) is 0 Å². The molecule has 0 atom stereocenters. The van der Waals surface area contributed by atoms with Gasteiger partial charge < -0.3 is 9.31 Å². The Labute approximate surface area is 116 Å². The maximum absolute atomic E-state index is 6.07. The van der Waals surface area contributed by atoms with Crippen molar-refractivity contribution < 1.29 is 9.31 Å². The first-order valence-electron chi connectivity index (χ1n) is 7.20. The van der Waals surface area contributed by atoms with Gasteiger partial charge in [0.15, 0.2) is 0 Å². The molecule has 2 fully saturated rings. The molecule has 3 heteroatoms. The summed E-state index contributed by atoms with van der Waals surface area (Å²) in [5, 5.41) is 0. The van der Waals surface area contributed by atoms with Crippen LogP contribution >= 0.6 is 0 Å². The maximum atomic E-state index is 6.07. The molecule has 0 radical (unpaired) electrons. The van der Waals surface area contributed by atoms with E-state index >= 15 is 0 Å². The third kappa shape index (κ3) is 2.13. The quantitative estimate of drug-likeness (QED) is 0.759. The lowest BCUT2D eigenvalue weighted by Gasteiger charge is -2.32. The summed E-state index contributed by atoms with van der Waals surface area (Å²) >= 11 is 0. The van der Waals surface area contributed by atoms with Crippen molar-refractivity contribution in [1.82, 2.24) is 0 Å². The predicted molar refractivity (Wildman–Crippen MR) is 78.7 cm³/mol. The zero-order valence-corrected chi connectivity index (χ0v) is 12.6. The van der Waals surface area contributed by atoms with Crippen molar-refractivity contribution in [2.75, 3.05) is 0 Å². The van der Waals surface area contributed by atoms with Crippen molar-refractivity contribution in [1.29, 1.82) is 0 Å². The van der Waals surface area contributed by atoms with Crippen LogP contribution in [-0.2, 0) is 14.7 Å². The summed E-state index contributed by atoms with van der Waals surface area (Å²) in [6.45, 7) is 10.7. The van der Waals surface area contributed by atoms with E-state index < -0.39 is 0 Å². The smallest absolute Gasteiger partial charge is 0.399 e. The first-order chi connectivity index (χ1) is 8.74. The fourth-order valence-corrected chi connectivity index (χ4v) is 2.50. The molecule has 0 N–H and O–H groups in total. The third-order valence-electron chi connectivity index (χ3n) is 5.13. The summed E-state index contributed by atoms with van der Waals surface area (Å²) in [4.78, 5) is 0. The van der Waals surface area contributed by atoms with E-state index in [1.165, 1.54) is 18.4 Å². The van der Waals surface area contributed by atoms with Gasteiger partial charge in [-0.3, -0.25) is 0 Å². The van der Waals surface area contributed by atoms with Gasteiger partial charge in [-0.2, -0.15) is 0 Å². The molecule has 1 saturated carbocycles. The maximum Gasteiger partial charge on any atom is 0.494 e. The van der Waals surface area contributed by atoms with Crippen LogP contribution in [0.15, 0.2) is 24.3 Å². The van der Waals surface area contributed by atoms with Gasteiger partial charge in [0.1, 0.15) is 0 Å². The van der Waals surface area contributed by atoms with E-state index in [4.69, 9.17) is 9.31 Å². The number of benzene rings is 1. The summed E-state index contributed by atoms with van der Waals surface area (Å²) in [5.74, 6) is 0. The molecule has 0 aromatic heterocycles. The van der Waals surface area contributed by atoms with Crippen LogP contribution in [0.25, 0.3) is 0 Å². The summed E-state index contributed by atoms with van der Waals surface area (Å²) in [6.07, 6.45) is 2.62. The van der Waals surface area contributed by atoms with E-state index in [-0.39, 0.29) is 18.3 Å². The summed E-state index contributed by atoms with van der Waals surface area (Å²) in [6, 6.07) is 8.77. The van der Waals surface area contributed by atoms with Crippen molar-refractivity contribution in [3.63, 3.8) is 0 Å². The van der Waals surface area contributed by atoms with Crippen LogP contribution in [0, 0.1) is 0 Å². The molecule has 19 heavy (non-hydrogen) atoms. The van der Waals surface area contributed by atoms with Gasteiger partial charge in [0.2, 0.25) is 0 Å². The van der Waals surface area contributed by atoms with Gasteiger partial charge in [0.05, 0.1) is 11.2 Å². The van der Waals surface area contributed by atoms with Gasteiger partial charge >= 0.3 is 7.12 Å². The van der Waals surface area contributed by atoms with Crippen LogP contribution in [0.2, 0.25) is 0 Å². The highest BCUT2D eigenvalue weighted by atomic mass is 16.7. The average molecular weight is 258 g/mol. The van der Waals surface area contributed by atoms with Gasteiger partial charge in [-0.1, -0.05) is 31.2 Å². The highest BCUT2D eigenvalue weighted by Gasteiger charge is 2.51. The van der Waals surface area contributed by atoms with Crippen LogP contribution < -0.4 is 5.46 Å². The lowest BCUT2D eigenvalue weighted by Crippen LogP contribution is -2.41. The van der Waals surface area contributed by atoms with Gasteiger partial charge in [-0.05, 0) is 57.0 Å². The van der Waals surface area contributed by atoms with E-state index in [1.807, 2.05) is 0 Å². The molecule has 1 aliphatic carbocycles. The number of hydrogen-bond acceptors (Lipinski definition) is 2. The summed E-state index contributed by atoms with van der Waals surface area (Å²) in [7, 11) is -0.244. The average Bonchev–Trinajstić information content (AvgIpc) is 3.02. The molecule has 0 bridgehead atoms. The molecule has 2 nitrogen and oxygen atoms in total. The molecule has 102 valence electrons. The second kappa shape index (κ2) is 3.86. The molecular formula is C16H23BO2. The van der Waals surface area contributed by atoms with Crippen LogP contribution in [0.4, 0.5) is 0 Å². The zero-order valence-electron chi connectivity index (χ0n) is 12.6. The predicted octanol–water partition coefficient (Wildman–Crippen LogP) is 3.04. The molecule has 1 heterocycles. The van der Waals surface area contributed by atoms with E-state index in [0.29, 0.717) is 5.41 Å². The van der Waals surface area contributed by atoms with Crippen LogP contribution in [0.5, 0.6) is 0 Å². The highest BCUT2D eigenvalue weighted by molar-refractivity contribution is 6.62. The fourth-order valence-electron chi connectivity index (χ4n) is 2.50. The lowest BCUT2D eigenvalue weighted by atomic mass is 9.78. The highest BCUT2D eigenvalue weighted by Crippen LogP contribution is 2.47. The second-order valence-electron chi connectivity index (χ2n) is 7.27. The Morgan fingerprint density at radius 3 is 1.74 bits per heavy atom. The monoisotopic (exact) mass is 258 g/mol. The minimum absolute atomic E-state index is 0.244. The minimum Gasteiger partial charge on any atom is -0.399 e. The molecule has 2 aliphatic rings. The Morgan fingerprint density at radius 2 is 1.32 bits per heavy atom. The molecule has 1 saturated heterocycles. The number of hydrogen-bond donors (Lipinski definition) is 0. The van der Waals surface area contributed by atoms with Gasteiger partial charge in [-0.15, -0.1) is 0 Å². The van der Waals surface area contributed by atoms with Crippen molar-refractivity contribution in [3.05, 3.63) is 29.8 Å². The fraction of sp³-hybridized carbons (Fsp3) is 0.625.